The molecule has 0 aliphatic heterocycles. The number of pyridine rings is 1. The average molecular weight is 319 g/mol. The number of carbonyl (C=O) groups excluding carboxylic acids is 1. The van der Waals surface area contributed by atoms with E-state index in [2.05, 4.69) is 26.2 Å². The van der Waals surface area contributed by atoms with E-state index in [0.717, 1.165) is 22.8 Å². The maximum Gasteiger partial charge on any atom is 0.252 e. The molecule has 1 fully saturated rings. The van der Waals surface area contributed by atoms with Crippen LogP contribution in [0, 0.1) is 5.41 Å². The number of alkyl halides is 1. The van der Waals surface area contributed by atoms with Gasteiger partial charge < -0.3 is 5.32 Å². The first kappa shape index (κ1) is 12.6. The number of carbonyl (C=O) groups is 1. The van der Waals surface area contributed by atoms with Gasteiger partial charge in [0.1, 0.15) is 0 Å². The van der Waals surface area contributed by atoms with Crippen LogP contribution in [-0.4, -0.2) is 22.8 Å². The Balaban J connectivity index is 1.82. The molecule has 1 amide bonds. The second-order valence-corrected chi connectivity index (χ2v) is 5.75. The molecule has 0 atom stereocenters. The Morgan fingerprint density at radius 2 is 2.11 bits per heavy atom. The topological polar surface area (TPSA) is 42.0 Å². The monoisotopic (exact) mass is 318 g/mol. The number of hydrogen-bond acceptors (Lipinski definition) is 2. The van der Waals surface area contributed by atoms with Gasteiger partial charge in [-0.2, -0.15) is 0 Å². The number of fused-ring (bicyclic) bond motifs is 1. The molecular weight excluding hydrogens is 304 g/mol. The zero-order valence-electron chi connectivity index (χ0n) is 10.5. The lowest BCUT2D eigenvalue weighted by molar-refractivity contribution is 0.0948. The highest BCUT2D eigenvalue weighted by atomic mass is 79.9. The Hall–Kier alpha value is -1.42. The minimum Gasteiger partial charge on any atom is -0.351 e. The molecular formula is C15H15BrN2O. The maximum absolute atomic E-state index is 12.3. The largest absolute Gasteiger partial charge is 0.351 e. The molecule has 19 heavy (non-hydrogen) atoms. The maximum atomic E-state index is 12.3. The summed E-state index contributed by atoms with van der Waals surface area (Å²) in [6, 6.07) is 9.51. The second kappa shape index (κ2) is 4.93. The normalized spacial score (nSPS) is 16.3. The van der Waals surface area contributed by atoms with Crippen molar-refractivity contribution in [2.75, 3.05) is 11.9 Å². The number of aromatic nitrogens is 1. The van der Waals surface area contributed by atoms with Gasteiger partial charge in [-0.3, -0.25) is 9.78 Å². The van der Waals surface area contributed by atoms with E-state index in [1.165, 1.54) is 12.8 Å². The van der Waals surface area contributed by atoms with Crippen molar-refractivity contribution in [3.63, 3.8) is 0 Å². The molecule has 3 rings (SSSR count). The summed E-state index contributed by atoms with van der Waals surface area (Å²) in [5, 5.41) is 4.91. The molecule has 1 aliphatic rings. The van der Waals surface area contributed by atoms with Gasteiger partial charge in [-0.15, -0.1) is 0 Å². The zero-order chi connectivity index (χ0) is 13.3. The van der Waals surface area contributed by atoms with Gasteiger partial charge in [0, 0.05) is 23.5 Å². The van der Waals surface area contributed by atoms with Gasteiger partial charge in [0.2, 0.25) is 0 Å². The number of para-hydroxylation sites is 1. The lowest BCUT2D eigenvalue weighted by Gasteiger charge is -2.13. The van der Waals surface area contributed by atoms with Crippen molar-refractivity contribution in [1.82, 2.24) is 10.3 Å². The summed E-state index contributed by atoms with van der Waals surface area (Å²) in [6.07, 6.45) is 4.07. The van der Waals surface area contributed by atoms with Crippen LogP contribution in [0.25, 0.3) is 10.9 Å². The van der Waals surface area contributed by atoms with E-state index >= 15 is 0 Å². The average Bonchev–Trinajstić information content (AvgIpc) is 3.25. The Kier molecular flexibility index (Phi) is 3.27. The number of rotatable bonds is 4. The summed E-state index contributed by atoms with van der Waals surface area (Å²) in [7, 11) is 0. The third-order valence-electron chi connectivity index (χ3n) is 3.76. The molecule has 1 aromatic heterocycles. The fraction of sp³-hybridized carbons (Fsp3) is 0.333. The zero-order valence-corrected chi connectivity index (χ0v) is 12.1. The first-order chi connectivity index (χ1) is 9.24. The summed E-state index contributed by atoms with van der Waals surface area (Å²) in [5.41, 5.74) is 1.85. The molecule has 1 N–H and O–H groups in total. The molecule has 4 heteroatoms. The molecule has 0 spiro atoms. The summed E-state index contributed by atoms with van der Waals surface area (Å²) in [5.74, 6) is -0.00850. The van der Waals surface area contributed by atoms with Gasteiger partial charge in [-0.05, 0) is 30.4 Å². The van der Waals surface area contributed by atoms with Crippen molar-refractivity contribution in [2.45, 2.75) is 12.8 Å². The van der Waals surface area contributed by atoms with Crippen molar-refractivity contribution >= 4 is 32.7 Å². The fourth-order valence-corrected chi connectivity index (χ4v) is 2.95. The van der Waals surface area contributed by atoms with E-state index in [4.69, 9.17) is 0 Å². The smallest absolute Gasteiger partial charge is 0.252 e. The van der Waals surface area contributed by atoms with Gasteiger partial charge in [0.05, 0.1) is 11.1 Å². The number of nitrogens with zero attached hydrogens (tertiary/aromatic N) is 1. The minimum atomic E-state index is -0.00850. The van der Waals surface area contributed by atoms with Crippen LogP contribution in [0.1, 0.15) is 23.2 Å². The lowest BCUT2D eigenvalue weighted by atomic mass is 10.1. The third-order valence-corrected chi connectivity index (χ3v) is 4.95. The third kappa shape index (κ3) is 2.50. The summed E-state index contributed by atoms with van der Waals surface area (Å²) in [6.45, 7) is 0.744. The Bertz CT molecular complexity index is 617. The Labute approximate surface area is 120 Å². The quantitative estimate of drug-likeness (QED) is 0.880. The minimum absolute atomic E-state index is 0.00850. The molecule has 0 saturated heterocycles. The van der Waals surface area contributed by atoms with E-state index in [0.29, 0.717) is 11.0 Å². The van der Waals surface area contributed by atoms with Crippen LogP contribution in [-0.2, 0) is 0 Å². The van der Waals surface area contributed by atoms with Crippen LogP contribution in [0.15, 0.2) is 36.5 Å². The lowest BCUT2D eigenvalue weighted by Crippen LogP contribution is -2.31. The fourth-order valence-electron chi connectivity index (χ4n) is 2.19. The summed E-state index contributed by atoms with van der Waals surface area (Å²) < 4.78 is 0. The molecule has 0 bridgehead atoms. The number of nitrogens with one attached hydrogen (secondary N) is 1. The molecule has 0 unspecified atom stereocenters. The van der Waals surface area contributed by atoms with Crippen molar-refractivity contribution in [3.05, 3.63) is 42.1 Å². The predicted octanol–water partition coefficient (Wildman–Crippen LogP) is 3.14. The molecule has 2 aromatic rings. The van der Waals surface area contributed by atoms with Gasteiger partial charge in [-0.25, -0.2) is 0 Å². The number of amides is 1. The second-order valence-electron chi connectivity index (χ2n) is 5.19. The number of halogens is 1. The predicted molar refractivity (Wildman–Crippen MR) is 79.5 cm³/mol. The van der Waals surface area contributed by atoms with Crippen LogP contribution in [0.2, 0.25) is 0 Å². The van der Waals surface area contributed by atoms with E-state index in [1.54, 1.807) is 12.3 Å². The van der Waals surface area contributed by atoms with Gasteiger partial charge in [0.25, 0.3) is 5.91 Å². The highest BCUT2D eigenvalue weighted by molar-refractivity contribution is 9.09. The molecule has 1 aliphatic carbocycles. The SMILES string of the molecule is O=C(NCC1(CBr)CC1)c1ccnc2ccccc12. The number of hydrogen-bond donors (Lipinski definition) is 1. The molecule has 3 nitrogen and oxygen atoms in total. The summed E-state index contributed by atoms with van der Waals surface area (Å²) in [4.78, 5) is 16.6. The van der Waals surface area contributed by atoms with Gasteiger partial charge in [0.15, 0.2) is 0 Å². The molecule has 1 aromatic carbocycles. The van der Waals surface area contributed by atoms with Crippen molar-refractivity contribution in [2.24, 2.45) is 5.41 Å². The summed E-state index contributed by atoms with van der Waals surface area (Å²) >= 11 is 3.52. The van der Waals surface area contributed by atoms with E-state index in [-0.39, 0.29) is 5.91 Å². The Morgan fingerprint density at radius 3 is 2.84 bits per heavy atom. The standard InChI is InChI=1S/C15H15BrN2O/c16-9-15(6-7-15)10-18-14(19)12-5-8-17-13-4-2-1-3-11(12)13/h1-5,8H,6-7,9-10H2,(H,18,19). The van der Waals surface area contributed by atoms with E-state index in [9.17, 15) is 4.79 Å². The molecule has 0 radical (unpaired) electrons. The van der Waals surface area contributed by atoms with Crippen molar-refractivity contribution in [3.8, 4) is 0 Å². The number of benzene rings is 1. The van der Waals surface area contributed by atoms with Crippen LogP contribution >= 0.6 is 15.9 Å². The van der Waals surface area contributed by atoms with Crippen LogP contribution in [0.4, 0.5) is 0 Å². The first-order valence-electron chi connectivity index (χ1n) is 6.42. The van der Waals surface area contributed by atoms with Gasteiger partial charge in [-0.1, -0.05) is 34.1 Å². The molecule has 98 valence electrons. The van der Waals surface area contributed by atoms with E-state index < -0.39 is 0 Å². The molecule has 1 saturated carbocycles. The Morgan fingerprint density at radius 1 is 1.32 bits per heavy atom. The highest BCUT2D eigenvalue weighted by Gasteiger charge is 2.41. The van der Waals surface area contributed by atoms with E-state index in [1.807, 2.05) is 24.3 Å². The van der Waals surface area contributed by atoms with Crippen LogP contribution in [0.5, 0.6) is 0 Å². The van der Waals surface area contributed by atoms with Crippen molar-refractivity contribution in [1.29, 1.82) is 0 Å². The van der Waals surface area contributed by atoms with Crippen LogP contribution in [0.3, 0.4) is 0 Å². The first-order valence-corrected chi connectivity index (χ1v) is 7.54. The highest BCUT2D eigenvalue weighted by Crippen LogP contribution is 2.46. The van der Waals surface area contributed by atoms with Crippen molar-refractivity contribution < 1.29 is 4.79 Å². The van der Waals surface area contributed by atoms with Gasteiger partial charge >= 0.3 is 0 Å². The van der Waals surface area contributed by atoms with Crippen LogP contribution < -0.4 is 5.32 Å². The molecule has 1 heterocycles.